The Balaban J connectivity index is 2.38. The zero-order chi connectivity index (χ0) is 13.2. The van der Waals surface area contributed by atoms with Crippen LogP contribution in [0.2, 0.25) is 0 Å². The SMILES string of the molecule is CC(C(=O)O)(c1ccccc1)N1CCNC(=O)C1. The van der Waals surface area contributed by atoms with Crippen molar-refractivity contribution >= 4 is 11.9 Å². The molecule has 1 unspecified atom stereocenters. The van der Waals surface area contributed by atoms with Crippen molar-refractivity contribution in [1.29, 1.82) is 0 Å². The van der Waals surface area contributed by atoms with Gasteiger partial charge in [0.2, 0.25) is 5.91 Å². The Morgan fingerprint density at radius 1 is 1.39 bits per heavy atom. The summed E-state index contributed by atoms with van der Waals surface area (Å²) in [5.74, 6) is -1.08. The Labute approximate surface area is 105 Å². The van der Waals surface area contributed by atoms with Crippen LogP contribution < -0.4 is 5.32 Å². The second-order valence-corrected chi connectivity index (χ2v) is 4.51. The van der Waals surface area contributed by atoms with Crippen LogP contribution in [-0.2, 0) is 15.1 Å². The van der Waals surface area contributed by atoms with Gasteiger partial charge in [-0.15, -0.1) is 0 Å². The molecule has 1 aliphatic heterocycles. The third kappa shape index (κ3) is 2.09. The van der Waals surface area contributed by atoms with Gasteiger partial charge < -0.3 is 10.4 Å². The van der Waals surface area contributed by atoms with Crippen molar-refractivity contribution in [1.82, 2.24) is 10.2 Å². The van der Waals surface area contributed by atoms with E-state index in [2.05, 4.69) is 5.32 Å². The van der Waals surface area contributed by atoms with E-state index < -0.39 is 11.5 Å². The van der Waals surface area contributed by atoms with Gasteiger partial charge in [0.1, 0.15) is 5.54 Å². The molecule has 0 bridgehead atoms. The molecule has 1 heterocycles. The second kappa shape index (κ2) is 4.78. The van der Waals surface area contributed by atoms with Crippen molar-refractivity contribution in [2.24, 2.45) is 0 Å². The van der Waals surface area contributed by atoms with Crippen LogP contribution in [-0.4, -0.2) is 41.5 Å². The lowest BCUT2D eigenvalue weighted by Crippen LogP contribution is -2.58. The maximum absolute atomic E-state index is 11.7. The van der Waals surface area contributed by atoms with Gasteiger partial charge in [-0.1, -0.05) is 30.3 Å². The number of nitrogens with one attached hydrogen (secondary N) is 1. The van der Waals surface area contributed by atoms with Gasteiger partial charge in [-0.3, -0.25) is 9.69 Å². The first-order chi connectivity index (χ1) is 8.55. The lowest BCUT2D eigenvalue weighted by Gasteiger charge is -2.40. The summed E-state index contributed by atoms with van der Waals surface area (Å²) >= 11 is 0. The highest BCUT2D eigenvalue weighted by Crippen LogP contribution is 2.28. The summed E-state index contributed by atoms with van der Waals surface area (Å²) in [6.45, 7) is 2.76. The van der Waals surface area contributed by atoms with Gasteiger partial charge >= 0.3 is 5.97 Å². The van der Waals surface area contributed by atoms with E-state index in [0.717, 1.165) is 0 Å². The number of hydrogen-bond acceptors (Lipinski definition) is 3. The molecule has 96 valence electrons. The minimum atomic E-state index is -1.17. The molecule has 5 heteroatoms. The van der Waals surface area contributed by atoms with Crippen LogP contribution in [0.3, 0.4) is 0 Å². The summed E-state index contributed by atoms with van der Waals surface area (Å²) in [6.07, 6.45) is 0. The molecule has 0 spiro atoms. The molecule has 2 N–H and O–H groups in total. The van der Waals surface area contributed by atoms with E-state index in [4.69, 9.17) is 0 Å². The fourth-order valence-corrected chi connectivity index (χ4v) is 2.22. The molecule has 18 heavy (non-hydrogen) atoms. The van der Waals surface area contributed by atoms with E-state index in [1.807, 2.05) is 6.07 Å². The third-order valence-electron chi connectivity index (χ3n) is 3.42. The lowest BCUT2D eigenvalue weighted by atomic mass is 9.89. The van der Waals surface area contributed by atoms with Crippen molar-refractivity contribution in [2.45, 2.75) is 12.5 Å². The number of carboxylic acid groups (broad SMARTS) is 1. The molecule has 0 aromatic heterocycles. The first-order valence-corrected chi connectivity index (χ1v) is 5.86. The molecule has 1 atom stereocenters. The molecule has 5 nitrogen and oxygen atoms in total. The first kappa shape index (κ1) is 12.6. The van der Waals surface area contributed by atoms with Crippen molar-refractivity contribution < 1.29 is 14.7 Å². The molecule has 1 aromatic rings. The molecule has 1 fully saturated rings. The Bertz CT molecular complexity index is 461. The number of hydrogen-bond donors (Lipinski definition) is 2. The number of aliphatic carboxylic acids is 1. The van der Waals surface area contributed by atoms with Crippen molar-refractivity contribution in [3.63, 3.8) is 0 Å². The first-order valence-electron chi connectivity index (χ1n) is 5.86. The number of carbonyl (C=O) groups excluding carboxylic acids is 1. The van der Waals surface area contributed by atoms with Gasteiger partial charge in [-0.25, -0.2) is 4.79 Å². The van der Waals surface area contributed by atoms with Crippen LogP contribution in [0, 0.1) is 0 Å². The summed E-state index contributed by atoms with van der Waals surface area (Å²) in [4.78, 5) is 24.8. The molecule has 0 aliphatic carbocycles. The molecular weight excluding hydrogens is 232 g/mol. The summed E-state index contributed by atoms with van der Waals surface area (Å²) in [5, 5.41) is 12.3. The summed E-state index contributed by atoms with van der Waals surface area (Å²) in [6, 6.07) is 9.01. The number of piperazine rings is 1. The Morgan fingerprint density at radius 2 is 2.06 bits per heavy atom. The quantitative estimate of drug-likeness (QED) is 0.813. The predicted molar refractivity (Wildman–Crippen MR) is 66.0 cm³/mol. The number of nitrogens with zero attached hydrogens (tertiary/aromatic N) is 1. The van der Waals surface area contributed by atoms with Crippen LogP contribution in [0.1, 0.15) is 12.5 Å². The number of carboxylic acids is 1. The van der Waals surface area contributed by atoms with Gasteiger partial charge in [-0.2, -0.15) is 0 Å². The third-order valence-corrected chi connectivity index (χ3v) is 3.42. The summed E-state index contributed by atoms with van der Waals surface area (Å²) in [7, 11) is 0. The molecule has 1 saturated heterocycles. The minimum absolute atomic E-state index is 0.109. The predicted octanol–water partition coefficient (Wildman–Crippen LogP) is 0.418. The van der Waals surface area contributed by atoms with E-state index in [1.54, 1.807) is 36.1 Å². The maximum atomic E-state index is 11.7. The molecule has 1 aliphatic rings. The molecule has 0 saturated carbocycles. The van der Waals surface area contributed by atoms with E-state index in [9.17, 15) is 14.7 Å². The monoisotopic (exact) mass is 248 g/mol. The van der Waals surface area contributed by atoms with Gasteiger partial charge in [0.15, 0.2) is 0 Å². The van der Waals surface area contributed by atoms with E-state index in [0.29, 0.717) is 18.7 Å². The number of benzene rings is 1. The average Bonchev–Trinajstić information content (AvgIpc) is 2.38. The summed E-state index contributed by atoms with van der Waals surface area (Å²) < 4.78 is 0. The van der Waals surface area contributed by atoms with Gasteiger partial charge in [-0.05, 0) is 12.5 Å². The normalized spacial score (nSPS) is 19.9. The van der Waals surface area contributed by atoms with Crippen molar-refractivity contribution in [3.8, 4) is 0 Å². The number of carbonyl (C=O) groups is 2. The fraction of sp³-hybridized carbons (Fsp3) is 0.385. The van der Waals surface area contributed by atoms with E-state index in [-0.39, 0.29) is 12.5 Å². The van der Waals surface area contributed by atoms with E-state index >= 15 is 0 Å². The zero-order valence-corrected chi connectivity index (χ0v) is 10.2. The van der Waals surface area contributed by atoms with Crippen molar-refractivity contribution in [2.75, 3.05) is 19.6 Å². The Morgan fingerprint density at radius 3 is 2.61 bits per heavy atom. The van der Waals surface area contributed by atoms with Crippen LogP contribution in [0.15, 0.2) is 30.3 Å². The zero-order valence-electron chi connectivity index (χ0n) is 10.2. The van der Waals surface area contributed by atoms with Gasteiger partial charge in [0.05, 0.1) is 6.54 Å². The highest BCUT2D eigenvalue weighted by Gasteiger charge is 2.42. The molecule has 1 amide bonds. The fourth-order valence-electron chi connectivity index (χ4n) is 2.22. The largest absolute Gasteiger partial charge is 0.480 e. The van der Waals surface area contributed by atoms with Crippen LogP contribution in [0.4, 0.5) is 0 Å². The van der Waals surface area contributed by atoms with Gasteiger partial charge in [0, 0.05) is 13.1 Å². The lowest BCUT2D eigenvalue weighted by molar-refractivity contribution is -0.153. The Kier molecular flexibility index (Phi) is 3.34. The number of rotatable bonds is 3. The highest BCUT2D eigenvalue weighted by atomic mass is 16.4. The molecule has 2 rings (SSSR count). The topological polar surface area (TPSA) is 69.6 Å². The van der Waals surface area contributed by atoms with Crippen LogP contribution >= 0.6 is 0 Å². The molecule has 0 radical (unpaired) electrons. The van der Waals surface area contributed by atoms with Crippen LogP contribution in [0.25, 0.3) is 0 Å². The highest BCUT2D eigenvalue weighted by molar-refractivity contribution is 5.83. The summed E-state index contributed by atoms with van der Waals surface area (Å²) in [5.41, 5.74) is -0.480. The Hall–Kier alpha value is -1.88. The van der Waals surface area contributed by atoms with Crippen LogP contribution in [0.5, 0.6) is 0 Å². The maximum Gasteiger partial charge on any atom is 0.328 e. The average molecular weight is 248 g/mol. The minimum Gasteiger partial charge on any atom is -0.480 e. The number of amides is 1. The molecule has 1 aromatic carbocycles. The second-order valence-electron chi connectivity index (χ2n) is 4.51. The molecular formula is C13H16N2O3. The van der Waals surface area contributed by atoms with Gasteiger partial charge in [0.25, 0.3) is 0 Å². The van der Waals surface area contributed by atoms with E-state index in [1.165, 1.54) is 0 Å². The smallest absolute Gasteiger partial charge is 0.328 e. The standard InChI is InChI=1S/C13H16N2O3/c1-13(12(17)18,10-5-3-2-4-6-10)15-8-7-14-11(16)9-15/h2-6H,7-9H2,1H3,(H,14,16)(H,17,18). The van der Waals surface area contributed by atoms with Crippen molar-refractivity contribution in [3.05, 3.63) is 35.9 Å².